The van der Waals surface area contributed by atoms with E-state index in [2.05, 4.69) is 19.6 Å². The fraction of sp³-hybridized carbons (Fsp3) is 0.269. The molecule has 3 heterocycles. The summed E-state index contributed by atoms with van der Waals surface area (Å²) in [6, 6.07) is 14.3. The molecule has 1 saturated heterocycles. The van der Waals surface area contributed by atoms with Crippen LogP contribution in [-0.4, -0.2) is 46.2 Å². The van der Waals surface area contributed by atoms with E-state index in [4.69, 9.17) is 4.74 Å². The van der Waals surface area contributed by atoms with Crippen LogP contribution in [0.1, 0.15) is 13.8 Å². The number of para-hydroxylation sites is 1. The smallest absolute Gasteiger partial charge is 0.406 e. The van der Waals surface area contributed by atoms with Gasteiger partial charge in [0.05, 0.1) is 35.0 Å². The van der Waals surface area contributed by atoms with Crippen LogP contribution in [0.25, 0.3) is 27.8 Å². The molecule has 0 spiro atoms. The molecule has 10 heteroatoms. The van der Waals surface area contributed by atoms with Crippen LogP contribution in [0.3, 0.4) is 0 Å². The predicted octanol–water partition coefficient (Wildman–Crippen LogP) is 4.96. The number of ether oxygens (including phenoxy) is 2. The SMILES string of the molecule is C[C@@H]1CN(c2ccc(-n3cnc4c(-c5ccc(OC(F)(F)F)cc5)cccc4c3=O)nc2)C[C@H](C)O1. The molecule has 2 atom stereocenters. The van der Waals surface area contributed by atoms with Crippen molar-refractivity contribution in [3.05, 3.63) is 77.5 Å². The molecular weight excluding hydrogens is 473 g/mol. The maximum Gasteiger partial charge on any atom is 0.573 e. The Kier molecular flexibility index (Phi) is 6.13. The van der Waals surface area contributed by atoms with Crippen molar-refractivity contribution in [1.29, 1.82) is 0 Å². The number of fused-ring (bicyclic) bond motifs is 1. The topological polar surface area (TPSA) is 69.5 Å². The summed E-state index contributed by atoms with van der Waals surface area (Å²) in [6.07, 6.45) is -1.39. The van der Waals surface area contributed by atoms with Crippen LogP contribution in [0.2, 0.25) is 0 Å². The van der Waals surface area contributed by atoms with Crippen molar-refractivity contribution >= 4 is 16.6 Å². The van der Waals surface area contributed by atoms with E-state index in [1.165, 1.54) is 35.2 Å². The van der Waals surface area contributed by atoms with E-state index in [0.29, 0.717) is 27.8 Å². The highest BCUT2D eigenvalue weighted by Gasteiger charge is 2.31. The molecule has 0 bridgehead atoms. The lowest BCUT2D eigenvalue weighted by Crippen LogP contribution is -2.45. The maximum absolute atomic E-state index is 13.3. The molecule has 5 rings (SSSR count). The van der Waals surface area contributed by atoms with Crippen molar-refractivity contribution in [1.82, 2.24) is 14.5 Å². The summed E-state index contributed by atoms with van der Waals surface area (Å²) in [6.45, 7) is 5.58. The van der Waals surface area contributed by atoms with Crippen LogP contribution < -0.4 is 15.2 Å². The first kappa shape index (κ1) is 23.8. The Balaban J connectivity index is 1.45. The number of hydrogen-bond donors (Lipinski definition) is 0. The number of morpholine rings is 1. The molecule has 2 aromatic carbocycles. The molecule has 0 amide bonds. The summed E-state index contributed by atoms with van der Waals surface area (Å²) in [5.74, 6) is 0.115. The average Bonchev–Trinajstić information content (AvgIpc) is 2.83. The minimum Gasteiger partial charge on any atom is -0.406 e. The van der Waals surface area contributed by atoms with Gasteiger partial charge in [0.25, 0.3) is 5.56 Å². The number of alkyl halides is 3. The number of halogens is 3. The molecule has 7 nitrogen and oxygen atoms in total. The molecule has 1 aliphatic heterocycles. The highest BCUT2D eigenvalue weighted by molar-refractivity contribution is 5.93. The van der Waals surface area contributed by atoms with Crippen molar-refractivity contribution < 1.29 is 22.6 Å². The highest BCUT2D eigenvalue weighted by Crippen LogP contribution is 2.29. The van der Waals surface area contributed by atoms with Gasteiger partial charge in [-0.2, -0.15) is 0 Å². The Hall–Kier alpha value is -3.92. The van der Waals surface area contributed by atoms with Crippen LogP contribution in [0, 0.1) is 0 Å². The van der Waals surface area contributed by atoms with Crippen molar-refractivity contribution in [2.75, 3.05) is 18.0 Å². The molecule has 0 N–H and O–H groups in total. The normalized spacial score (nSPS) is 18.4. The van der Waals surface area contributed by atoms with Gasteiger partial charge < -0.3 is 14.4 Å². The number of anilines is 1. The first-order valence-corrected chi connectivity index (χ1v) is 11.4. The summed E-state index contributed by atoms with van der Waals surface area (Å²) in [7, 11) is 0. The van der Waals surface area contributed by atoms with Crippen molar-refractivity contribution in [3.63, 3.8) is 0 Å². The monoisotopic (exact) mass is 496 g/mol. The Bertz CT molecular complexity index is 1430. The van der Waals surface area contributed by atoms with Gasteiger partial charge in [0, 0.05) is 18.7 Å². The van der Waals surface area contributed by atoms with E-state index in [-0.39, 0.29) is 23.5 Å². The van der Waals surface area contributed by atoms with Gasteiger partial charge in [-0.05, 0) is 49.7 Å². The standard InChI is InChI=1S/C26H23F3N4O3/c1-16-13-32(14-17(2)35-16)19-8-11-23(30-12-19)33-15-31-24-21(4-3-5-22(24)25(33)34)18-6-9-20(10-7-18)36-26(27,28)29/h3-12,15-17H,13-14H2,1-2H3/t16-,17+. The van der Waals surface area contributed by atoms with Crippen LogP contribution in [0.5, 0.6) is 5.75 Å². The van der Waals surface area contributed by atoms with Crippen LogP contribution in [-0.2, 0) is 4.74 Å². The highest BCUT2D eigenvalue weighted by atomic mass is 19.4. The average molecular weight is 496 g/mol. The first-order valence-electron chi connectivity index (χ1n) is 11.4. The van der Waals surface area contributed by atoms with Gasteiger partial charge in [-0.1, -0.05) is 24.3 Å². The largest absolute Gasteiger partial charge is 0.573 e. The van der Waals surface area contributed by atoms with Crippen molar-refractivity contribution in [2.24, 2.45) is 0 Å². The fourth-order valence-corrected chi connectivity index (χ4v) is 4.48. The van der Waals surface area contributed by atoms with E-state index in [1.54, 1.807) is 30.5 Å². The summed E-state index contributed by atoms with van der Waals surface area (Å²) in [5, 5.41) is 0.368. The van der Waals surface area contributed by atoms with Crippen molar-refractivity contribution in [3.8, 4) is 22.7 Å². The molecule has 0 radical (unpaired) electrons. The van der Waals surface area contributed by atoms with Crippen LogP contribution in [0.15, 0.2) is 71.9 Å². The zero-order valence-corrected chi connectivity index (χ0v) is 19.6. The fourth-order valence-electron chi connectivity index (χ4n) is 4.48. The van der Waals surface area contributed by atoms with Gasteiger partial charge in [-0.15, -0.1) is 13.2 Å². The van der Waals surface area contributed by atoms with Gasteiger partial charge in [-0.25, -0.2) is 9.97 Å². The molecule has 4 aromatic rings. The third kappa shape index (κ3) is 4.90. The molecule has 0 saturated carbocycles. The number of nitrogens with zero attached hydrogens (tertiary/aromatic N) is 4. The van der Waals surface area contributed by atoms with E-state index in [1.807, 2.05) is 19.9 Å². The molecule has 0 aliphatic carbocycles. The van der Waals surface area contributed by atoms with Crippen molar-refractivity contribution in [2.45, 2.75) is 32.4 Å². The zero-order valence-electron chi connectivity index (χ0n) is 19.6. The Labute approximate surface area is 204 Å². The third-order valence-electron chi connectivity index (χ3n) is 5.95. The van der Waals surface area contributed by atoms with E-state index in [0.717, 1.165) is 18.8 Å². The second-order valence-corrected chi connectivity index (χ2v) is 8.73. The molecule has 186 valence electrons. The summed E-state index contributed by atoms with van der Waals surface area (Å²) in [4.78, 5) is 24.5. The van der Waals surface area contributed by atoms with Gasteiger partial charge in [0.15, 0.2) is 0 Å². The third-order valence-corrected chi connectivity index (χ3v) is 5.95. The van der Waals surface area contributed by atoms with Crippen LogP contribution >= 0.6 is 0 Å². The number of rotatable bonds is 4. The lowest BCUT2D eigenvalue weighted by molar-refractivity contribution is -0.274. The first-order chi connectivity index (χ1) is 17.2. The Morgan fingerprint density at radius 2 is 1.69 bits per heavy atom. The Morgan fingerprint density at radius 1 is 0.972 bits per heavy atom. The number of hydrogen-bond acceptors (Lipinski definition) is 6. The second kappa shape index (κ2) is 9.27. The minimum absolute atomic E-state index is 0.114. The molecule has 2 aromatic heterocycles. The minimum atomic E-state index is -4.77. The van der Waals surface area contributed by atoms with Crippen LogP contribution in [0.4, 0.5) is 18.9 Å². The molecular formula is C26H23F3N4O3. The predicted molar refractivity (Wildman–Crippen MR) is 129 cm³/mol. The van der Waals surface area contributed by atoms with E-state index in [9.17, 15) is 18.0 Å². The molecule has 1 aliphatic rings. The Morgan fingerprint density at radius 3 is 2.33 bits per heavy atom. The summed E-state index contributed by atoms with van der Waals surface area (Å²) < 4.78 is 48.5. The quantitative estimate of drug-likeness (QED) is 0.398. The molecule has 1 fully saturated rings. The van der Waals surface area contributed by atoms with E-state index >= 15 is 0 Å². The lowest BCUT2D eigenvalue weighted by atomic mass is 10.0. The number of benzene rings is 2. The molecule has 0 unspecified atom stereocenters. The van der Waals surface area contributed by atoms with Gasteiger partial charge in [-0.3, -0.25) is 9.36 Å². The summed E-state index contributed by atoms with van der Waals surface area (Å²) >= 11 is 0. The van der Waals surface area contributed by atoms with Gasteiger partial charge >= 0.3 is 6.36 Å². The van der Waals surface area contributed by atoms with Gasteiger partial charge in [0.2, 0.25) is 0 Å². The maximum atomic E-state index is 13.3. The van der Waals surface area contributed by atoms with Gasteiger partial charge in [0.1, 0.15) is 17.9 Å². The molecule has 36 heavy (non-hydrogen) atoms. The second-order valence-electron chi connectivity index (χ2n) is 8.73. The van der Waals surface area contributed by atoms with E-state index < -0.39 is 6.36 Å². The summed E-state index contributed by atoms with van der Waals surface area (Å²) in [5.41, 5.74) is 2.32. The number of pyridine rings is 1. The zero-order chi connectivity index (χ0) is 25.4. The number of aromatic nitrogens is 3. The lowest BCUT2D eigenvalue weighted by Gasteiger charge is -2.36.